The van der Waals surface area contributed by atoms with Crippen molar-refractivity contribution in [2.24, 2.45) is 0 Å². The fraction of sp³-hybridized carbons (Fsp3) is 0.467. The van der Waals surface area contributed by atoms with E-state index in [9.17, 15) is 0 Å². The molecule has 0 spiro atoms. The van der Waals surface area contributed by atoms with Gasteiger partial charge in [0.15, 0.2) is 0 Å². The highest BCUT2D eigenvalue weighted by molar-refractivity contribution is 5.18. The van der Waals surface area contributed by atoms with Gasteiger partial charge in [-0.15, -0.1) is 6.58 Å². The molecule has 1 aromatic carbocycles. The van der Waals surface area contributed by atoms with Crippen LogP contribution in [0.15, 0.2) is 43.0 Å². The summed E-state index contributed by atoms with van der Waals surface area (Å²) in [6, 6.07) is 11.2. The lowest BCUT2D eigenvalue weighted by atomic mass is 10.0. The molecule has 0 aliphatic carbocycles. The predicted octanol–water partition coefficient (Wildman–Crippen LogP) is 4.08. The van der Waals surface area contributed by atoms with Crippen LogP contribution in [-0.2, 0) is 0 Å². The van der Waals surface area contributed by atoms with E-state index in [2.05, 4.69) is 49.2 Å². The number of benzene rings is 1. The molecular formula is C15H23N. The normalized spacial score (nSPS) is 12.3. The third kappa shape index (κ3) is 4.63. The van der Waals surface area contributed by atoms with Crippen LogP contribution >= 0.6 is 0 Å². The number of unbranched alkanes of at least 4 members (excludes halogenated alkanes) is 1. The first-order chi connectivity index (χ1) is 7.88. The summed E-state index contributed by atoms with van der Waals surface area (Å²) >= 11 is 0. The molecule has 0 bridgehead atoms. The lowest BCUT2D eigenvalue weighted by Gasteiger charge is -2.18. The third-order valence-corrected chi connectivity index (χ3v) is 2.74. The molecule has 0 saturated carbocycles. The molecule has 1 rings (SSSR count). The number of rotatable bonds is 8. The second-order valence-electron chi connectivity index (χ2n) is 4.14. The average molecular weight is 217 g/mol. The van der Waals surface area contributed by atoms with Crippen molar-refractivity contribution in [2.75, 3.05) is 6.54 Å². The lowest BCUT2D eigenvalue weighted by Crippen LogP contribution is -2.22. The van der Waals surface area contributed by atoms with Gasteiger partial charge < -0.3 is 5.32 Å². The summed E-state index contributed by atoms with van der Waals surface area (Å²) in [5.41, 5.74) is 1.40. The second kappa shape index (κ2) is 8.12. The van der Waals surface area contributed by atoms with Gasteiger partial charge in [0.2, 0.25) is 0 Å². The molecular weight excluding hydrogens is 194 g/mol. The van der Waals surface area contributed by atoms with Crippen LogP contribution in [0.25, 0.3) is 0 Å². The van der Waals surface area contributed by atoms with E-state index in [1.54, 1.807) is 0 Å². The van der Waals surface area contributed by atoms with Crippen LogP contribution in [0.5, 0.6) is 0 Å². The van der Waals surface area contributed by atoms with Crippen LogP contribution in [0.1, 0.15) is 44.2 Å². The van der Waals surface area contributed by atoms with E-state index in [0.717, 1.165) is 13.0 Å². The van der Waals surface area contributed by atoms with Crippen molar-refractivity contribution in [1.29, 1.82) is 0 Å². The first kappa shape index (κ1) is 13.0. The zero-order valence-electron chi connectivity index (χ0n) is 10.3. The van der Waals surface area contributed by atoms with Crippen molar-refractivity contribution in [2.45, 2.75) is 38.6 Å². The van der Waals surface area contributed by atoms with Crippen molar-refractivity contribution in [1.82, 2.24) is 5.32 Å². The Morgan fingerprint density at radius 1 is 1.31 bits per heavy atom. The quantitative estimate of drug-likeness (QED) is 0.511. The van der Waals surface area contributed by atoms with E-state index in [0.29, 0.717) is 6.04 Å². The largest absolute Gasteiger partial charge is 0.310 e. The molecule has 1 nitrogen and oxygen atoms in total. The SMILES string of the molecule is C=CCCCC(NCCC)c1ccccc1. The van der Waals surface area contributed by atoms with E-state index in [1.807, 2.05) is 6.08 Å². The Balaban J connectivity index is 2.52. The third-order valence-electron chi connectivity index (χ3n) is 2.74. The van der Waals surface area contributed by atoms with E-state index in [4.69, 9.17) is 0 Å². The van der Waals surface area contributed by atoms with Crippen molar-refractivity contribution >= 4 is 0 Å². The molecule has 0 fully saturated rings. The molecule has 1 heteroatoms. The van der Waals surface area contributed by atoms with E-state index >= 15 is 0 Å². The molecule has 88 valence electrons. The van der Waals surface area contributed by atoms with E-state index in [1.165, 1.54) is 24.8 Å². The van der Waals surface area contributed by atoms with Crippen LogP contribution in [0, 0.1) is 0 Å². The number of hydrogen-bond donors (Lipinski definition) is 1. The maximum absolute atomic E-state index is 3.77. The van der Waals surface area contributed by atoms with Gasteiger partial charge in [-0.1, -0.05) is 43.3 Å². The number of nitrogens with one attached hydrogen (secondary N) is 1. The van der Waals surface area contributed by atoms with Crippen LogP contribution in [-0.4, -0.2) is 6.54 Å². The van der Waals surface area contributed by atoms with Gasteiger partial charge in [0.25, 0.3) is 0 Å². The first-order valence-electron chi connectivity index (χ1n) is 6.27. The van der Waals surface area contributed by atoms with Gasteiger partial charge in [-0.2, -0.15) is 0 Å². The Labute approximate surface area is 99.6 Å². The molecule has 16 heavy (non-hydrogen) atoms. The molecule has 0 aromatic heterocycles. The van der Waals surface area contributed by atoms with Crippen LogP contribution < -0.4 is 5.32 Å². The van der Waals surface area contributed by atoms with Gasteiger partial charge >= 0.3 is 0 Å². The van der Waals surface area contributed by atoms with Gasteiger partial charge in [0.05, 0.1) is 0 Å². The zero-order chi connectivity index (χ0) is 11.6. The van der Waals surface area contributed by atoms with Gasteiger partial charge in [0.1, 0.15) is 0 Å². The van der Waals surface area contributed by atoms with Crippen molar-refractivity contribution in [3.05, 3.63) is 48.6 Å². The first-order valence-corrected chi connectivity index (χ1v) is 6.27. The van der Waals surface area contributed by atoms with Crippen LogP contribution in [0.3, 0.4) is 0 Å². The molecule has 0 radical (unpaired) electrons. The van der Waals surface area contributed by atoms with Crippen molar-refractivity contribution in [3.63, 3.8) is 0 Å². The monoisotopic (exact) mass is 217 g/mol. The molecule has 0 aliphatic heterocycles. The standard InChI is InChI=1S/C15H23N/c1-3-5-7-12-15(16-13-4-2)14-10-8-6-9-11-14/h3,6,8-11,15-16H,1,4-5,7,12-13H2,2H3. The Morgan fingerprint density at radius 3 is 2.69 bits per heavy atom. The predicted molar refractivity (Wildman–Crippen MR) is 71.5 cm³/mol. The molecule has 1 atom stereocenters. The minimum absolute atomic E-state index is 0.501. The lowest BCUT2D eigenvalue weighted by molar-refractivity contribution is 0.486. The van der Waals surface area contributed by atoms with Crippen molar-refractivity contribution in [3.8, 4) is 0 Å². The average Bonchev–Trinajstić information content (AvgIpc) is 2.35. The molecule has 0 aliphatic rings. The van der Waals surface area contributed by atoms with Crippen LogP contribution in [0.4, 0.5) is 0 Å². The summed E-state index contributed by atoms with van der Waals surface area (Å²) in [5.74, 6) is 0. The summed E-state index contributed by atoms with van der Waals surface area (Å²) in [5, 5.41) is 3.61. The maximum Gasteiger partial charge on any atom is 0.0320 e. The minimum atomic E-state index is 0.501. The molecule has 1 N–H and O–H groups in total. The molecule has 0 heterocycles. The highest BCUT2D eigenvalue weighted by Crippen LogP contribution is 2.19. The van der Waals surface area contributed by atoms with Crippen molar-refractivity contribution < 1.29 is 0 Å². The Bertz CT molecular complexity index is 279. The topological polar surface area (TPSA) is 12.0 Å². The Kier molecular flexibility index (Phi) is 6.59. The smallest absolute Gasteiger partial charge is 0.0320 e. The fourth-order valence-corrected chi connectivity index (χ4v) is 1.86. The van der Waals surface area contributed by atoms with Gasteiger partial charge in [-0.05, 0) is 37.8 Å². The number of allylic oxidation sites excluding steroid dienone is 1. The number of hydrogen-bond acceptors (Lipinski definition) is 1. The fourth-order valence-electron chi connectivity index (χ4n) is 1.86. The summed E-state index contributed by atoms with van der Waals surface area (Å²) in [4.78, 5) is 0. The van der Waals surface area contributed by atoms with Crippen LogP contribution in [0.2, 0.25) is 0 Å². The Hall–Kier alpha value is -1.08. The second-order valence-corrected chi connectivity index (χ2v) is 4.14. The minimum Gasteiger partial charge on any atom is -0.310 e. The Morgan fingerprint density at radius 2 is 2.06 bits per heavy atom. The van der Waals surface area contributed by atoms with Gasteiger partial charge in [-0.25, -0.2) is 0 Å². The maximum atomic E-state index is 3.77. The summed E-state index contributed by atoms with van der Waals surface area (Å²) in [6.07, 6.45) is 6.69. The molecule has 1 aromatic rings. The molecule has 0 saturated heterocycles. The highest BCUT2D eigenvalue weighted by atomic mass is 14.9. The highest BCUT2D eigenvalue weighted by Gasteiger charge is 2.08. The summed E-state index contributed by atoms with van der Waals surface area (Å²) in [7, 11) is 0. The summed E-state index contributed by atoms with van der Waals surface area (Å²) in [6.45, 7) is 7.07. The molecule has 1 unspecified atom stereocenters. The van der Waals surface area contributed by atoms with Gasteiger partial charge in [0, 0.05) is 6.04 Å². The summed E-state index contributed by atoms with van der Waals surface area (Å²) < 4.78 is 0. The van der Waals surface area contributed by atoms with Gasteiger partial charge in [-0.3, -0.25) is 0 Å². The van der Waals surface area contributed by atoms with E-state index in [-0.39, 0.29) is 0 Å². The zero-order valence-corrected chi connectivity index (χ0v) is 10.3. The van der Waals surface area contributed by atoms with E-state index < -0.39 is 0 Å². The molecule has 0 amide bonds.